The number of halogens is 3. The molecule has 1 heterocycles. The zero-order chi connectivity index (χ0) is 14.0. The number of anilines is 1. The second-order valence-corrected chi connectivity index (χ2v) is 5.01. The lowest BCUT2D eigenvalue weighted by molar-refractivity contribution is -0.137. The lowest BCUT2D eigenvalue weighted by atomic mass is 9.97. The molecule has 5 heteroatoms. The Morgan fingerprint density at radius 3 is 2.42 bits per heavy atom. The van der Waals surface area contributed by atoms with Gasteiger partial charge in [-0.05, 0) is 37.0 Å². The summed E-state index contributed by atoms with van der Waals surface area (Å²) in [5, 5.41) is 9.04. The topological polar surface area (TPSA) is 27.0 Å². The third kappa shape index (κ3) is 3.01. The predicted octanol–water partition coefficient (Wildman–Crippen LogP) is 3.81. The fourth-order valence-corrected chi connectivity index (χ4v) is 2.31. The largest absolute Gasteiger partial charge is 0.416 e. The molecule has 0 radical (unpaired) electrons. The molecular formula is C14H15F3N2. The van der Waals surface area contributed by atoms with E-state index >= 15 is 0 Å². The molecule has 0 aliphatic carbocycles. The smallest absolute Gasteiger partial charge is 0.370 e. The van der Waals surface area contributed by atoms with E-state index < -0.39 is 11.7 Å². The predicted molar refractivity (Wildman–Crippen MR) is 66.8 cm³/mol. The highest BCUT2D eigenvalue weighted by Gasteiger charge is 2.32. The van der Waals surface area contributed by atoms with Crippen LogP contribution >= 0.6 is 0 Å². The quantitative estimate of drug-likeness (QED) is 0.774. The normalized spacial score (nSPS) is 17.3. The van der Waals surface area contributed by atoms with Crippen molar-refractivity contribution in [2.24, 2.45) is 5.92 Å². The molecular weight excluding hydrogens is 253 g/mol. The summed E-state index contributed by atoms with van der Waals surface area (Å²) in [7, 11) is 0. The van der Waals surface area contributed by atoms with Gasteiger partial charge < -0.3 is 4.90 Å². The van der Waals surface area contributed by atoms with E-state index in [1.54, 1.807) is 0 Å². The van der Waals surface area contributed by atoms with Crippen molar-refractivity contribution in [2.45, 2.75) is 25.9 Å². The lowest BCUT2D eigenvalue weighted by Crippen LogP contribution is -2.33. The Morgan fingerprint density at radius 1 is 1.26 bits per heavy atom. The highest BCUT2D eigenvalue weighted by atomic mass is 19.4. The fourth-order valence-electron chi connectivity index (χ4n) is 2.31. The van der Waals surface area contributed by atoms with Crippen LogP contribution < -0.4 is 4.90 Å². The van der Waals surface area contributed by atoms with E-state index in [-0.39, 0.29) is 0 Å². The molecule has 0 N–H and O–H groups in total. The lowest BCUT2D eigenvalue weighted by Gasteiger charge is -2.33. The molecule has 2 rings (SSSR count). The van der Waals surface area contributed by atoms with Gasteiger partial charge in [0, 0.05) is 13.1 Å². The van der Waals surface area contributed by atoms with E-state index in [2.05, 4.69) is 6.92 Å². The van der Waals surface area contributed by atoms with E-state index in [9.17, 15) is 13.2 Å². The van der Waals surface area contributed by atoms with Crippen LogP contribution in [-0.4, -0.2) is 13.1 Å². The standard InChI is InChI=1S/C14H15F3N2/c1-10-4-6-19(7-5-10)13-8-12(14(15,16)17)3-2-11(13)9-18/h2-3,8,10H,4-7H2,1H3. The summed E-state index contributed by atoms with van der Waals surface area (Å²) >= 11 is 0. The molecule has 0 atom stereocenters. The first-order valence-electron chi connectivity index (χ1n) is 6.28. The van der Waals surface area contributed by atoms with Gasteiger partial charge >= 0.3 is 6.18 Å². The van der Waals surface area contributed by atoms with E-state index in [4.69, 9.17) is 5.26 Å². The number of nitrogens with zero attached hydrogens (tertiary/aromatic N) is 2. The van der Waals surface area contributed by atoms with Crippen LogP contribution in [0.4, 0.5) is 18.9 Å². The van der Waals surface area contributed by atoms with Crippen molar-refractivity contribution in [3.05, 3.63) is 29.3 Å². The van der Waals surface area contributed by atoms with Crippen LogP contribution in [0.25, 0.3) is 0 Å². The molecule has 0 spiro atoms. The Hall–Kier alpha value is -1.70. The average Bonchev–Trinajstić information content (AvgIpc) is 2.38. The van der Waals surface area contributed by atoms with Crippen molar-refractivity contribution in [3.8, 4) is 6.07 Å². The van der Waals surface area contributed by atoms with Gasteiger partial charge in [-0.25, -0.2) is 0 Å². The zero-order valence-corrected chi connectivity index (χ0v) is 10.7. The van der Waals surface area contributed by atoms with Crippen molar-refractivity contribution in [2.75, 3.05) is 18.0 Å². The second kappa shape index (κ2) is 5.12. The summed E-state index contributed by atoms with van der Waals surface area (Å²) < 4.78 is 38.2. The molecule has 0 unspecified atom stereocenters. The summed E-state index contributed by atoms with van der Waals surface area (Å²) in [5.74, 6) is 0.590. The van der Waals surface area contributed by atoms with Gasteiger partial charge in [-0.15, -0.1) is 0 Å². The van der Waals surface area contributed by atoms with Crippen molar-refractivity contribution >= 4 is 5.69 Å². The highest BCUT2D eigenvalue weighted by molar-refractivity contribution is 5.61. The molecule has 0 aromatic heterocycles. The van der Waals surface area contributed by atoms with E-state index in [0.717, 1.165) is 25.0 Å². The Balaban J connectivity index is 2.35. The van der Waals surface area contributed by atoms with Gasteiger partial charge in [-0.3, -0.25) is 0 Å². The maximum Gasteiger partial charge on any atom is 0.416 e. The summed E-state index contributed by atoms with van der Waals surface area (Å²) in [6.07, 6.45) is -2.48. The van der Waals surface area contributed by atoms with Crippen LogP contribution in [0.5, 0.6) is 0 Å². The van der Waals surface area contributed by atoms with E-state index in [1.807, 2.05) is 11.0 Å². The average molecular weight is 268 g/mol. The molecule has 102 valence electrons. The molecule has 19 heavy (non-hydrogen) atoms. The van der Waals surface area contributed by atoms with Crippen LogP contribution in [0.15, 0.2) is 18.2 Å². The molecule has 1 fully saturated rings. The van der Waals surface area contributed by atoms with Crippen molar-refractivity contribution < 1.29 is 13.2 Å². The van der Waals surface area contributed by atoms with Crippen LogP contribution in [0, 0.1) is 17.2 Å². The van der Waals surface area contributed by atoms with Crippen LogP contribution in [-0.2, 0) is 6.18 Å². The molecule has 1 aliphatic rings. The van der Waals surface area contributed by atoms with Crippen LogP contribution in [0.2, 0.25) is 0 Å². The minimum absolute atomic E-state index is 0.308. The minimum atomic E-state index is -4.37. The number of nitriles is 1. The maximum absolute atomic E-state index is 12.7. The van der Waals surface area contributed by atoms with Gasteiger partial charge in [0.1, 0.15) is 6.07 Å². The number of piperidine rings is 1. The zero-order valence-electron chi connectivity index (χ0n) is 10.7. The molecule has 2 nitrogen and oxygen atoms in total. The summed E-state index contributed by atoms with van der Waals surface area (Å²) in [4.78, 5) is 1.88. The summed E-state index contributed by atoms with van der Waals surface area (Å²) in [6.45, 7) is 3.54. The van der Waals surface area contributed by atoms with Crippen molar-refractivity contribution in [3.63, 3.8) is 0 Å². The Morgan fingerprint density at radius 2 is 1.89 bits per heavy atom. The van der Waals surface area contributed by atoms with E-state index in [0.29, 0.717) is 30.3 Å². The van der Waals surface area contributed by atoms with Gasteiger partial charge in [0.2, 0.25) is 0 Å². The third-order valence-electron chi connectivity index (χ3n) is 3.57. The Bertz CT molecular complexity index is 494. The van der Waals surface area contributed by atoms with Gasteiger partial charge in [-0.1, -0.05) is 6.92 Å². The Labute approximate surface area is 110 Å². The number of benzene rings is 1. The number of alkyl halides is 3. The minimum Gasteiger partial charge on any atom is -0.370 e. The molecule has 0 saturated carbocycles. The first kappa shape index (κ1) is 13.7. The Kier molecular flexibility index (Phi) is 3.70. The molecule has 0 amide bonds. The van der Waals surface area contributed by atoms with E-state index in [1.165, 1.54) is 6.07 Å². The molecule has 0 bridgehead atoms. The first-order valence-corrected chi connectivity index (χ1v) is 6.28. The third-order valence-corrected chi connectivity index (χ3v) is 3.57. The van der Waals surface area contributed by atoms with Gasteiger partial charge in [-0.2, -0.15) is 18.4 Å². The number of hydrogen-bond donors (Lipinski definition) is 0. The van der Waals surface area contributed by atoms with Gasteiger partial charge in [0.15, 0.2) is 0 Å². The molecule has 1 aromatic carbocycles. The van der Waals surface area contributed by atoms with Gasteiger partial charge in [0.05, 0.1) is 16.8 Å². The second-order valence-electron chi connectivity index (χ2n) is 5.01. The maximum atomic E-state index is 12.7. The number of hydrogen-bond acceptors (Lipinski definition) is 2. The van der Waals surface area contributed by atoms with Crippen molar-refractivity contribution in [1.82, 2.24) is 0 Å². The fraction of sp³-hybridized carbons (Fsp3) is 0.500. The molecule has 1 saturated heterocycles. The first-order chi connectivity index (χ1) is 8.91. The summed E-state index contributed by atoms with van der Waals surface area (Å²) in [5.41, 5.74) is 0.0203. The molecule has 1 aliphatic heterocycles. The molecule has 1 aromatic rings. The van der Waals surface area contributed by atoms with Crippen LogP contribution in [0.3, 0.4) is 0 Å². The van der Waals surface area contributed by atoms with Crippen molar-refractivity contribution in [1.29, 1.82) is 5.26 Å². The highest BCUT2D eigenvalue weighted by Crippen LogP contribution is 2.34. The summed E-state index contributed by atoms with van der Waals surface area (Å²) in [6, 6.07) is 5.29. The number of rotatable bonds is 1. The van der Waals surface area contributed by atoms with Gasteiger partial charge in [0.25, 0.3) is 0 Å². The SMILES string of the molecule is CC1CCN(c2cc(C(F)(F)F)ccc2C#N)CC1. The monoisotopic (exact) mass is 268 g/mol. The van der Waals surface area contributed by atoms with Crippen LogP contribution in [0.1, 0.15) is 30.9 Å².